The van der Waals surface area contributed by atoms with Gasteiger partial charge in [0.15, 0.2) is 12.3 Å². The minimum atomic E-state index is -4.99. The second kappa shape index (κ2) is 5.60. The van der Waals surface area contributed by atoms with E-state index in [0.29, 0.717) is 17.4 Å². The van der Waals surface area contributed by atoms with Crippen molar-refractivity contribution >= 4 is 11.4 Å². The van der Waals surface area contributed by atoms with E-state index in [1.54, 1.807) is 0 Å². The Morgan fingerprint density at radius 1 is 1.13 bits per heavy atom. The summed E-state index contributed by atoms with van der Waals surface area (Å²) in [5.41, 5.74) is -0.482. The number of aromatic nitrogens is 2. The van der Waals surface area contributed by atoms with Crippen LogP contribution in [0.4, 0.5) is 32.0 Å². The minimum absolute atomic E-state index is 0.234. The molecular formula is C11H10F6N4O2. The number of alkyl halides is 6. The molecule has 1 aliphatic heterocycles. The lowest BCUT2D eigenvalue weighted by Crippen LogP contribution is -2.46. The Labute approximate surface area is 125 Å². The lowest BCUT2D eigenvalue weighted by Gasteiger charge is -2.27. The van der Waals surface area contributed by atoms with E-state index in [9.17, 15) is 36.6 Å². The maximum absolute atomic E-state index is 12.6. The van der Waals surface area contributed by atoms with Gasteiger partial charge in [-0.1, -0.05) is 0 Å². The number of halogens is 6. The normalized spacial score (nSPS) is 23.9. The molecule has 12 heteroatoms. The molecule has 1 aromatic rings. The summed E-state index contributed by atoms with van der Waals surface area (Å²) in [4.78, 5) is 6.06. The van der Waals surface area contributed by atoms with Crippen LogP contribution in [0, 0.1) is 5.92 Å². The number of nitrogens with zero attached hydrogens (tertiary/aromatic N) is 4. The summed E-state index contributed by atoms with van der Waals surface area (Å²) >= 11 is 0. The van der Waals surface area contributed by atoms with Gasteiger partial charge in [-0.05, 0) is 6.92 Å². The lowest BCUT2D eigenvalue weighted by molar-refractivity contribution is -0.219. The Kier molecular flexibility index (Phi) is 4.24. The lowest BCUT2D eigenvalue weighted by atomic mass is 9.96. The number of aliphatic hydroxyl groups excluding tert-OH is 2. The van der Waals surface area contributed by atoms with Gasteiger partial charge in [-0.3, -0.25) is 0 Å². The standard InChI is InChI=1S/C11H10F6N4O2/c1-4-6(7(22)10(12,13)14)8(23)21(20-4)5-2-18-9(19-3-5)11(15,16)17/h2-3,6-8,22-23H,1H3. The van der Waals surface area contributed by atoms with Crippen LogP contribution in [0.1, 0.15) is 12.7 Å². The van der Waals surface area contributed by atoms with Gasteiger partial charge in [0.05, 0.1) is 24.0 Å². The van der Waals surface area contributed by atoms with Gasteiger partial charge in [-0.25, -0.2) is 15.0 Å². The maximum Gasteiger partial charge on any atom is 0.451 e. The number of hydrazone groups is 1. The van der Waals surface area contributed by atoms with Gasteiger partial charge in [0, 0.05) is 5.71 Å². The van der Waals surface area contributed by atoms with Crippen molar-refractivity contribution in [3.8, 4) is 0 Å². The molecule has 0 amide bonds. The Bertz CT molecular complexity index is 600. The van der Waals surface area contributed by atoms with E-state index in [1.165, 1.54) is 0 Å². The third-order valence-corrected chi connectivity index (χ3v) is 3.15. The number of anilines is 1. The van der Waals surface area contributed by atoms with Crippen LogP contribution < -0.4 is 5.01 Å². The van der Waals surface area contributed by atoms with Crippen molar-refractivity contribution in [1.82, 2.24) is 9.97 Å². The molecule has 0 saturated heterocycles. The molecule has 0 spiro atoms. The molecule has 3 atom stereocenters. The zero-order valence-corrected chi connectivity index (χ0v) is 11.3. The predicted octanol–water partition coefficient (Wildman–Crippen LogP) is 1.55. The first-order valence-electron chi connectivity index (χ1n) is 6.09. The van der Waals surface area contributed by atoms with Crippen LogP contribution in [0.25, 0.3) is 0 Å². The summed E-state index contributed by atoms with van der Waals surface area (Å²) in [6, 6.07) is 0. The smallest absolute Gasteiger partial charge is 0.383 e. The zero-order valence-electron chi connectivity index (χ0n) is 11.3. The number of rotatable bonds is 2. The molecule has 0 aliphatic carbocycles. The van der Waals surface area contributed by atoms with Crippen LogP contribution in [-0.4, -0.2) is 44.4 Å². The Hall–Kier alpha value is -1.95. The first-order valence-corrected chi connectivity index (χ1v) is 6.09. The first-order chi connectivity index (χ1) is 10.4. The minimum Gasteiger partial charge on any atom is -0.383 e. The van der Waals surface area contributed by atoms with Gasteiger partial charge in [-0.2, -0.15) is 31.4 Å². The second-order valence-corrected chi connectivity index (χ2v) is 4.77. The monoisotopic (exact) mass is 344 g/mol. The van der Waals surface area contributed by atoms with Crippen molar-refractivity contribution in [2.75, 3.05) is 5.01 Å². The van der Waals surface area contributed by atoms with Crippen LogP contribution in [0.3, 0.4) is 0 Å². The topological polar surface area (TPSA) is 81.8 Å². The van der Waals surface area contributed by atoms with Crippen LogP contribution >= 0.6 is 0 Å². The van der Waals surface area contributed by atoms with E-state index in [2.05, 4.69) is 15.1 Å². The fourth-order valence-electron chi connectivity index (χ4n) is 2.06. The van der Waals surface area contributed by atoms with E-state index in [1.807, 2.05) is 0 Å². The molecule has 128 valence electrons. The molecule has 0 saturated carbocycles. The van der Waals surface area contributed by atoms with Crippen LogP contribution in [0.2, 0.25) is 0 Å². The van der Waals surface area contributed by atoms with E-state index in [-0.39, 0.29) is 11.4 Å². The Morgan fingerprint density at radius 3 is 2.09 bits per heavy atom. The van der Waals surface area contributed by atoms with Crippen molar-refractivity contribution in [2.45, 2.75) is 31.6 Å². The van der Waals surface area contributed by atoms with Crippen LogP contribution in [-0.2, 0) is 6.18 Å². The van der Waals surface area contributed by atoms with Crippen LogP contribution in [0.5, 0.6) is 0 Å². The van der Waals surface area contributed by atoms with E-state index in [0.717, 1.165) is 6.92 Å². The van der Waals surface area contributed by atoms with Crippen molar-refractivity contribution in [3.63, 3.8) is 0 Å². The van der Waals surface area contributed by atoms with Gasteiger partial charge in [-0.15, -0.1) is 0 Å². The largest absolute Gasteiger partial charge is 0.451 e. The van der Waals surface area contributed by atoms with Gasteiger partial charge in [0.2, 0.25) is 5.82 Å². The van der Waals surface area contributed by atoms with Crippen molar-refractivity contribution < 1.29 is 36.6 Å². The molecule has 2 heterocycles. The van der Waals surface area contributed by atoms with Gasteiger partial charge in [0.1, 0.15) is 0 Å². The quantitative estimate of drug-likeness (QED) is 0.796. The maximum atomic E-state index is 12.6. The fourth-order valence-corrected chi connectivity index (χ4v) is 2.06. The summed E-state index contributed by atoms with van der Waals surface area (Å²) in [5.74, 6) is -3.22. The molecule has 0 aromatic carbocycles. The van der Waals surface area contributed by atoms with Gasteiger partial charge < -0.3 is 10.2 Å². The van der Waals surface area contributed by atoms with E-state index < -0.39 is 36.4 Å². The highest BCUT2D eigenvalue weighted by atomic mass is 19.4. The average Bonchev–Trinajstić information content (AvgIpc) is 2.71. The summed E-state index contributed by atoms with van der Waals surface area (Å²) in [6.45, 7) is 1.15. The highest BCUT2D eigenvalue weighted by molar-refractivity contribution is 5.89. The summed E-state index contributed by atoms with van der Waals surface area (Å²) in [6.07, 6.45) is -13.2. The van der Waals surface area contributed by atoms with E-state index >= 15 is 0 Å². The molecule has 6 nitrogen and oxygen atoms in total. The highest BCUT2D eigenvalue weighted by Gasteiger charge is 2.51. The van der Waals surface area contributed by atoms with Gasteiger partial charge in [0.25, 0.3) is 0 Å². The molecular weight excluding hydrogens is 334 g/mol. The first kappa shape index (κ1) is 17.4. The number of hydrogen-bond donors (Lipinski definition) is 2. The van der Waals surface area contributed by atoms with Crippen LogP contribution in [0.15, 0.2) is 17.5 Å². The molecule has 0 bridgehead atoms. The van der Waals surface area contributed by atoms with Crippen molar-refractivity contribution in [2.24, 2.45) is 11.0 Å². The third-order valence-electron chi connectivity index (χ3n) is 3.15. The molecule has 1 aromatic heterocycles. The zero-order chi connectivity index (χ0) is 17.6. The number of aliphatic hydroxyl groups is 2. The third kappa shape index (κ3) is 3.37. The molecule has 23 heavy (non-hydrogen) atoms. The van der Waals surface area contributed by atoms with Gasteiger partial charge >= 0.3 is 12.4 Å². The summed E-state index contributed by atoms with van der Waals surface area (Å²) in [5, 5.41) is 23.4. The second-order valence-electron chi connectivity index (χ2n) is 4.77. The van der Waals surface area contributed by atoms with E-state index in [4.69, 9.17) is 0 Å². The number of hydrogen-bond acceptors (Lipinski definition) is 6. The summed E-state index contributed by atoms with van der Waals surface area (Å²) in [7, 11) is 0. The molecule has 0 radical (unpaired) electrons. The fraction of sp³-hybridized carbons (Fsp3) is 0.545. The van der Waals surface area contributed by atoms with Crippen molar-refractivity contribution in [1.29, 1.82) is 0 Å². The molecule has 2 rings (SSSR count). The molecule has 2 N–H and O–H groups in total. The summed E-state index contributed by atoms with van der Waals surface area (Å²) < 4.78 is 74.8. The predicted molar refractivity (Wildman–Crippen MR) is 64.2 cm³/mol. The molecule has 0 fully saturated rings. The molecule has 3 unspecified atom stereocenters. The Balaban J connectivity index is 2.26. The average molecular weight is 344 g/mol. The Morgan fingerprint density at radius 2 is 1.65 bits per heavy atom. The highest BCUT2D eigenvalue weighted by Crippen LogP contribution is 2.35. The van der Waals surface area contributed by atoms with Crippen molar-refractivity contribution in [3.05, 3.63) is 18.2 Å². The SMILES string of the molecule is CC1=NN(c2cnc(C(F)(F)F)nc2)C(O)C1C(O)C(F)(F)F. The molecule has 1 aliphatic rings.